The highest BCUT2D eigenvalue weighted by Gasteiger charge is 2.17. The third-order valence-corrected chi connectivity index (χ3v) is 13.3. The monoisotopic (exact) mass is 1010 g/mol. The molecule has 346 valence electrons. The molecule has 0 spiro atoms. The number of unbranched alkanes of at least 4 members (excludes halogenated alkanes) is 18. The minimum atomic E-state index is 0.612. The molecule has 5 aromatic rings. The molecule has 0 unspecified atom stereocenters. The van der Waals surface area contributed by atoms with Gasteiger partial charge >= 0.3 is 0 Å². The van der Waals surface area contributed by atoms with Crippen molar-refractivity contribution >= 4 is 55.2 Å². The van der Waals surface area contributed by atoms with Gasteiger partial charge in [-0.15, -0.1) is 0 Å². The summed E-state index contributed by atoms with van der Waals surface area (Å²) in [5.74, 6) is 1.66. The van der Waals surface area contributed by atoms with Crippen molar-refractivity contribution in [2.24, 2.45) is 0 Å². The summed E-state index contributed by atoms with van der Waals surface area (Å²) in [6.45, 7) is 5.82. The van der Waals surface area contributed by atoms with E-state index in [-0.39, 0.29) is 0 Å². The maximum absolute atomic E-state index is 10.1. The molecule has 0 bridgehead atoms. The first-order chi connectivity index (χ1) is 32.4. The lowest BCUT2D eigenvalue weighted by molar-refractivity contribution is 0.298. The van der Waals surface area contributed by atoms with Gasteiger partial charge in [0.2, 0.25) is 0 Å². The molecule has 0 N–H and O–H groups in total. The average Bonchev–Trinajstić information content (AvgIpc) is 3.34. The first-order valence-electron chi connectivity index (χ1n) is 24.8. The van der Waals surface area contributed by atoms with Gasteiger partial charge in [0.25, 0.3) is 0 Å². The first kappa shape index (κ1) is 52.1. The Morgan fingerprint density at radius 1 is 0.424 bits per heavy atom. The predicted octanol–water partition coefficient (Wildman–Crippen LogP) is 19.3. The number of halogens is 2. The van der Waals surface area contributed by atoms with Crippen LogP contribution >= 0.6 is 31.9 Å². The zero-order valence-corrected chi connectivity index (χ0v) is 42.7. The number of nitrogens with zero attached hydrogens (tertiary/aromatic N) is 2. The number of rotatable bonds is 30. The van der Waals surface area contributed by atoms with Crippen LogP contribution in [0.1, 0.15) is 165 Å². The Labute approximate surface area is 414 Å². The van der Waals surface area contributed by atoms with Crippen LogP contribution in [0.15, 0.2) is 118 Å². The van der Waals surface area contributed by atoms with E-state index in [1.54, 1.807) is 0 Å². The summed E-state index contributed by atoms with van der Waals surface area (Å²) in [6, 6.07) is 41.6. The second-order valence-corrected chi connectivity index (χ2v) is 19.3. The fourth-order valence-electron chi connectivity index (χ4n) is 8.26. The fraction of sp³-hybridized carbons (Fsp3) is 0.400. The van der Waals surface area contributed by atoms with E-state index < -0.39 is 0 Å². The Morgan fingerprint density at radius 3 is 1.03 bits per heavy atom. The van der Waals surface area contributed by atoms with Gasteiger partial charge in [-0.1, -0.05) is 234 Å². The van der Waals surface area contributed by atoms with Crippen LogP contribution < -0.4 is 9.47 Å². The summed E-state index contributed by atoms with van der Waals surface area (Å²) in [6.07, 6.45) is 29.3. The minimum absolute atomic E-state index is 0.612. The Kier molecular flexibility index (Phi) is 24.0. The average molecular weight is 1010 g/mol. The molecule has 0 aliphatic heterocycles. The van der Waals surface area contributed by atoms with E-state index in [4.69, 9.17) is 9.47 Å². The van der Waals surface area contributed by atoms with Crippen LogP contribution in [0.4, 0.5) is 0 Å². The molecular weight excluding hydrogens is 940 g/mol. The van der Waals surface area contributed by atoms with Gasteiger partial charge in [-0.05, 0) is 94.8 Å². The van der Waals surface area contributed by atoms with E-state index in [0.29, 0.717) is 24.4 Å². The van der Waals surface area contributed by atoms with Crippen LogP contribution in [0.5, 0.6) is 11.5 Å². The van der Waals surface area contributed by atoms with Gasteiger partial charge in [-0.25, -0.2) is 0 Å². The van der Waals surface area contributed by atoms with Crippen molar-refractivity contribution in [1.82, 2.24) is 0 Å². The number of allylic oxidation sites excluding steroid dienone is 2. The topological polar surface area (TPSA) is 66.0 Å². The first-order valence-corrected chi connectivity index (χ1v) is 26.4. The minimum Gasteiger partial charge on any atom is -0.493 e. The molecule has 0 aromatic heterocycles. The number of nitriles is 2. The molecule has 6 heteroatoms. The van der Waals surface area contributed by atoms with E-state index in [0.717, 1.165) is 90.6 Å². The van der Waals surface area contributed by atoms with Crippen LogP contribution in [0, 0.1) is 22.7 Å². The molecule has 0 fully saturated rings. The quantitative estimate of drug-likeness (QED) is 0.0261. The molecule has 0 saturated heterocycles. The summed E-state index contributed by atoms with van der Waals surface area (Å²) in [4.78, 5) is 0. The van der Waals surface area contributed by atoms with Gasteiger partial charge in [0.1, 0.15) is 11.5 Å². The van der Waals surface area contributed by atoms with Gasteiger partial charge in [0.15, 0.2) is 0 Å². The summed E-state index contributed by atoms with van der Waals surface area (Å²) in [5, 5.41) is 20.1. The highest BCUT2D eigenvalue weighted by molar-refractivity contribution is 9.10. The lowest BCUT2D eigenvalue weighted by Crippen LogP contribution is -2.03. The fourth-order valence-corrected chi connectivity index (χ4v) is 8.79. The van der Waals surface area contributed by atoms with Gasteiger partial charge in [0.05, 0.1) is 36.5 Å². The Bertz CT molecular complexity index is 2150. The van der Waals surface area contributed by atoms with Crippen molar-refractivity contribution < 1.29 is 9.47 Å². The lowest BCUT2D eigenvalue weighted by atomic mass is 9.95. The molecule has 0 amide bonds. The molecule has 66 heavy (non-hydrogen) atoms. The molecule has 5 rings (SSSR count). The molecule has 0 atom stereocenters. The molecule has 4 nitrogen and oxygen atoms in total. The summed E-state index contributed by atoms with van der Waals surface area (Å²) >= 11 is 7.01. The van der Waals surface area contributed by atoms with Crippen molar-refractivity contribution in [1.29, 1.82) is 10.5 Å². The van der Waals surface area contributed by atoms with Gasteiger partial charge in [-0.3, -0.25) is 0 Å². The largest absolute Gasteiger partial charge is 0.493 e. The number of benzene rings is 5. The second-order valence-electron chi connectivity index (χ2n) is 17.5. The molecule has 0 saturated carbocycles. The standard InChI is InChI=1S/C60H70Br2N2O2/c1-3-5-7-9-11-13-15-17-19-21-39-65-59-43-58(52-29-25-48(26-30-52)42-54(46-64)50-33-37-56(62)38-34-50)60(66-40-22-20-18-16-14-12-10-8-6-4-2)44-57(59)51-27-23-47(24-28-51)41-53(45-63)49-31-35-55(61)36-32-49/h23-38,41-44H,3-22,39-40H2,1-2H3/b53-41-,54-42-. The molecule has 0 aliphatic carbocycles. The Hall–Kier alpha value is -4.88. The third-order valence-electron chi connectivity index (χ3n) is 12.2. The third kappa shape index (κ3) is 18.1. The van der Waals surface area contributed by atoms with Crippen LogP contribution in [0.2, 0.25) is 0 Å². The van der Waals surface area contributed by atoms with Gasteiger partial charge in [0, 0.05) is 20.1 Å². The molecule has 5 aromatic carbocycles. The number of hydrogen-bond acceptors (Lipinski definition) is 4. The maximum Gasteiger partial charge on any atom is 0.128 e. The van der Waals surface area contributed by atoms with Crippen molar-refractivity contribution in [3.63, 3.8) is 0 Å². The highest BCUT2D eigenvalue weighted by Crippen LogP contribution is 2.42. The number of hydrogen-bond donors (Lipinski definition) is 0. The molecule has 0 radical (unpaired) electrons. The van der Waals surface area contributed by atoms with Crippen molar-refractivity contribution in [3.8, 4) is 45.9 Å². The van der Waals surface area contributed by atoms with Gasteiger partial charge in [-0.2, -0.15) is 10.5 Å². The van der Waals surface area contributed by atoms with E-state index in [2.05, 4.69) is 119 Å². The number of ether oxygens (including phenoxy) is 2. The maximum atomic E-state index is 10.1. The van der Waals surface area contributed by atoms with Crippen LogP contribution in [0.3, 0.4) is 0 Å². The van der Waals surface area contributed by atoms with Gasteiger partial charge < -0.3 is 9.47 Å². The van der Waals surface area contributed by atoms with E-state index in [9.17, 15) is 10.5 Å². The molecular formula is C60H70Br2N2O2. The molecule has 0 heterocycles. The lowest BCUT2D eigenvalue weighted by Gasteiger charge is -2.19. The van der Waals surface area contributed by atoms with E-state index in [1.165, 1.54) is 103 Å². The zero-order chi connectivity index (χ0) is 46.6. The van der Waals surface area contributed by atoms with Crippen molar-refractivity contribution in [2.75, 3.05) is 13.2 Å². The van der Waals surface area contributed by atoms with Crippen LogP contribution in [-0.4, -0.2) is 13.2 Å². The summed E-state index contributed by atoms with van der Waals surface area (Å²) in [5.41, 5.74) is 8.92. The van der Waals surface area contributed by atoms with E-state index in [1.807, 2.05) is 60.7 Å². The van der Waals surface area contributed by atoms with Crippen LogP contribution in [-0.2, 0) is 0 Å². The second kappa shape index (κ2) is 30.4. The smallest absolute Gasteiger partial charge is 0.128 e. The zero-order valence-electron chi connectivity index (χ0n) is 39.6. The van der Waals surface area contributed by atoms with Crippen molar-refractivity contribution in [2.45, 2.75) is 142 Å². The summed E-state index contributed by atoms with van der Waals surface area (Å²) < 4.78 is 15.5. The van der Waals surface area contributed by atoms with Crippen LogP contribution in [0.25, 0.3) is 45.6 Å². The van der Waals surface area contributed by atoms with Crippen molar-refractivity contribution in [3.05, 3.63) is 140 Å². The Morgan fingerprint density at radius 2 is 0.727 bits per heavy atom. The summed E-state index contributed by atoms with van der Waals surface area (Å²) in [7, 11) is 0. The highest BCUT2D eigenvalue weighted by atomic mass is 79.9. The SMILES string of the molecule is CCCCCCCCCCCCOc1cc(-c2ccc(/C=C(/C#N)c3ccc(Br)cc3)cc2)c(OCCCCCCCCCCCC)cc1-c1ccc(/C=C(/C#N)c2ccc(Br)cc2)cc1. The van der Waals surface area contributed by atoms with E-state index >= 15 is 0 Å². The predicted molar refractivity (Wildman–Crippen MR) is 287 cm³/mol. The normalized spacial score (nSPS) is 11.6. The Balaban J connectivity index is 1.41. The molecule has 0 aliphatic rings.